The molecule has 2 heterocycles. The molecule has 0 aliphatic carbocycles. The maximum atomic E-state index is 12.7. The summed E-state index contributed by atoms with van der Waals surface area (Å²) in [5.74, 6) is 0.301. The summed E-state index contributed by atoms with van der Waals surface area (Å²) in [6, 6.07) is -0.986. The highest BCUT2D eigenvalue weighted by atomic mass is 35.5. The molecule has 26 heavy (non-hydrogen) atoms. The fourth-order valence-corrected chi connectivity index (χ4v) is 4.61. The summed E-state index contributed by atoms with van der Waals surface area (Å²) in [5.41, 5.74) is -0.702. The maximum Gasteiger partial charge on any atom is 0.237 e. The number of hydrogen-bond donors (Lipinski definition) is 5. The SMILES string of the molecule is CCC[C@@H]1CN[C@@H](C(=O)N[C@@H]([C@H]2O[C@H](SC)C(O)C(O)[C@H]2O)[C@H](C)Cl)C1. The largest absolute Gasteiger partial charge is 0.388 e. The number of amides is 1. The Kier molecular flexibility index (Phi) is 8.46. The van der Waals surface area contributed by atoms with Crippen molar-refractivity contribution >= 4 is 29.3 Å². The molecular weight excluding hydrogens is 380 g/mol. The number of ether oxygens (including phenoxy) is 1. The van der Waals surface area contributed by atoms with Crippen molar-refractivity contribution in [1.29, 1.82) is 0 Å². The van der Waals surface area contributed by atoms with Gasteiger partial charge in [-0.05, 0) is 38.5 Å². The van der Waals surface area contributed by atoms with Gasteiger partial charge in [0.25, 0.3) is 0 Å². The van der Waals surface area contributed by atoms with Crippen LogP contribution in [0, 0.1) is 5.92 Å². The number of aliphatic hydroxyl groups excluding tert-OH is 3. The van der Waals surface area contributed by atoms with E-state index in [0.717, 1.165) is 25.8 Å². The highest BCUT2D eigenvalue weighted by Crippen LogP contribution is 2.30. The molecule has 0 aromatic rings. The molecule has 2 aliphatic rings. The number of aliphatic hydroxyl groups is 3. The lowest BCUT2D eigenvalue weighted by Gasteiger charge is -2.44. The Morgan fingerprint density at radius 3 is 2.62 bits per heavy atom. The lowest BCUT2D eigenvalue weighted by atomic mass is 9.92. The van der Waals surface area contributed by atoms with Crippen LogP contribution in [0.1, 0.15) is 33.1 Å². The van der Waals surface area contributed by atoms with Gasteiger partial charge < -0.3 is 30.7 Å². The minimum absolute atomic E-state index is 0.182. The van der Waals surface area contributed by atoms with Crippen molar-refractivity contribution in [2.45, 2.75) is 80.4 Å². The lowest BCUT2D eigenvalue weighted by Crippen LogP contribution is -2.65. The molecule has 2 fully saturated rings. The minimum atomic E-state index is -1.36. The predicted octanol–water partition coefficient (Wildman–Crippen LogP) is 0.0473. The van der Waals surface area contributed by atoms with E-state index in [-0.39, 0.29) is 11.9 Å². The monoisotopic (exact) mass is 410 g/mol. The molecule has 9 heteroatoms. The third-order valence-electron chi connectivity index (χ3n) is 5.23. The molecular formula is C17H31ClN2O5S. The third-order valence-corrected chi connectivity index (χ3v) is 6.36. The van der Waals surface area contributed by atoms with Gasteiger partial charge in [-0.25, -0.2) is 0 Å². The number of halogens is 1. The summed E-state index contributed by atoms with van der Waals surface area (Å²) >= 11 is 7.50. The first kappa shape index (κ1) is 22.2. The first-order valence-corrected chi connectivity index (χ1v) is 10.9. The average molecular weight is 411 g/mol. The Labute approximate surface area is 164 Å². The van der Waals surface area contributed by atoms with Crippen LogP contribution < -0.4 is 10.6 Å². The van der Waals surface area contributed by atoms with Gasteiger partial charge in [-0.1, -0.05) is 13.3 Å². The smallest absolute Gasteiger partial charge is 0.237 e. The molecule has 2 saturated heterocycles. The van der Waals surface area contributed by atoms with Gasteiger partial charge in [-0.15, -0.1) is 23.4 Å². The van der Waals surface area contributed by atoms with Crippen LogP contribution in [0.15, 0.2) is 0 Å². The van der Waals surface area contributed by atoms with Gasteiger partial charge in [-0.2, -0.15) is 0 Å². The van der Waals surface area contributed by atoms with E-state index in [0.29, 0.717) is 5.92 Å². The quantitative estimate of drug-likeness (QED) is 0.377. The zero-order valence-corrected chi connectivity index (χ0v) is 17.0. The van der Waals surface area contributed by atoms with Crippen molar-refractivity contribution in [3.63, 3.8) is 0 Å². The van der Waals surface area contributed by atoms with Crippen molar-refractivity contribution in [3.8, 4) is 0 Å². The molecule has 1 amide bonds. The number of carbonyl (C=O) groups is 1. The maximum absolute atomic E-state index is 12.7. The van der Waals surface area contributed by atoms with Gasteiger partial charge in [0.15, 0.2) is 0 Å². The van der Waals surface area contributed by atoms with E-state index in [2.05, 4.69) is 17.6 Å². The normalized spacial score (nSPS) is 40.2. The molecule has 5 N–H and O–H groups in total. The molecule has 0 radical (unpaired) electrons. The van der Waals surface area contributed by atoms with Crippen LogP contribution in [0.25, 0.3) is 0 Å². The second kappa shape index (κ2) is 9.91. The Balaban J connectivity index is 2.05. The van der Waals surface area contributed by atoms with Crippen molar-refractivity contribution in [2.75, 3.05) is 12.8 Å². The molecule has 0 spiro atoms. The first-order chi connectivity index (χ1) is 12.3. The standard InChI is InChI=1S/C17H31ClN2O5S/c1-4-5-9-6-10(19-7-9)16(24)20-11(8(2)18)15-13(22)12(21)14(23)17(25-15)26-3/h8-15,17,19,21-23H,4-7H2,1-3H3,(H,20,24)/t8-,9-,10+,11+,12?,13+,14?,15+,17+/m0/s1. The van der Waals surface area contributed by atoms with Crippen LogP contribution >= 0.6 is 23.4 Å². The topological polar surface area (TPSA) is 111 Å². The Morgan fingerprint density at radius 2 is 2.04 bits per heavy atom. The number of alkyl halides is 1. The summed E-state index contributed by atoms with van der Waals surface area (Å²) in [7, 11) is 0. The van der Waals surface area contributed by atoms with Crippen LogP contribution in [0.3, 0.4) is 0 Å². The summed E-state index contributed by atoms with van der Waals surface area (Å²) in [6.45, 7) is 4.65. The van der Waals surface area contributed by atoms with Gasteiger partial charge >= 0.3 is 0 Å². The van der Waals surface area contributed by atoms with Crippen LogP contribution in [0.2, 0.25) is 0 Å². The van der Waals surface area contributed by atoms with Gasteiger partial charge in [-0.3, -0.25) is 4.79 Å². The molecule has 2 rings (SSSR count). The van der Waals surface area contributed by atoms with Gasteiger partial charge in [0.1, 0.15) is 29.9 Å². The van der Waals surface area contributed by atoms with E-state index in [4.69, 9.17) is 16.3 Å². The summed E-state index contributed by atoms with van der Waals surface area (Å²) in [6.07, 6.45) is -0.144. The average Bonchev–Trinajstić information content (AvgIpc) is 3.07. The molecule has 2 aliphatic heterocycles. The third kappa shape index (κ3) is 5.04. The Morgan fingerprint density at radius 1 is 1.35 bits per heavy atom. The summed E-state index contributed by atoms with van der Waals surface area (Å²) in [5, 5.41) is 36.1. The number of nitrogens with one attached hydrogen (secondary N) is 2. The molecule has 7 nitrogen and oxygen atoms in total. The second-order valence-corrected chi connectivity index (χ2v) is 8.86. The van der Waals surface area contributed by atoms with Gasteiger partial charge in [0.05, 0.1) is 17.5 Å². The van der Waals surface area contributed by atoms with E-state index >= 15 is 0 Å². The van der Waals surface area contributed by atoms with Crippen LogP contribution in [-0.4, -0.2) is 81.3 Å². The fourth-order valence-electron chi connectivity index (χ4n) is 3.73. The second-order valence-electron chi connectivity index (χ2n) is 7.24. The molecule has 0 aromatic heterocycles. The van der Waals surface area contributed by atoms with E-state index in [9.17, 15) is 20.1 Å². The molecule has 152 valence electrons. The number of rotatable bonds is 7. The first-order valence-electron chi connectivity index (χ1n) is 9.20. The van der Waals surface area contributed by atoms with Crippen molar-refractivity contribution in [3.05, 3.63) is 0 Å². The fraction of sp³-hybridized carbons (Fsp3) is 0.941. The van der Waals surface area contributed by atoms with Gasteiger partial charge in [0.2, 0.25) is 5.91 Å². The molecule has 0 saturated carbocycles. The summed E-state index contributed by atoms with van der Waals surface area (Å²) < 4.78 is 5.76. The van der Waals surface area contributed by atoms with E-state index in [1.807, 2.05) is 0 Å². The zero-order valence-electron chi connectivity index (χ0n) is 15.5. The van der Waals surface area contributed by atoms with Crippen LogP contribution in [0.4, 0.5) is 0 Å². The number of hydrogen-bond acceptors (Lipinski definition) is 7. The van der Waals surface area contributed by atoms with Crippen molar-refractivity contribution in [1.82, 2.24) is 10.6 Å². The predicted molar refractivity (Wildman–Crippen MR) is 102 cm³/mol. The number of thioether (sulfide) groups is 1. The van der Waals surface area contributed by atoms with Crippen LogP contribution in [-0.2, 0) is 9.53 Å². The molecule has 9 atom stereocenters. The molecule has 0 bridgehead atoms. The van der Waals surface area contributed by atoms with E-state index in [1.54, 1.807) is 13.2 Å². The van der Waals surface area contributed by atoms with E-state index in [1.165, 1.54) is 11.8 Å². The zero-order chi connectivity index (χ0) is 19.4. The van der Waals surface area contributed by atoms with Crippen molar-refractivity contribution < 1.29 is 24.9 Å². The lowest BCUT2D eigenvalue weighted by molar-refractivity contribution is -0.205. The van der Waals surface area contributed by atoms with Gasteiger partial charge in [0, 0.05) is 0 Å². The Bertz CT molecular complexity index is 470. The molecule has 0 aromatic carbocycles. The highest BCUT2D eigenvalue weighted by molar-refractivity contribution is 7.99. The molecule has 2 unspecified atom stereocenters. The highest BCUT2D eigenvalue weighted by Gasteiger charge is 2.48. The minimum Gasteiger partial charge on any atom is -0.388 e. The van der Waals surface area contributed by atoms with Crippen molar-refractivity contribution in [2.24, 2.45) is 5.92 Å². The van der Waals surface area contributed by atoms with E-state index < -0.39 is 41.3 Å². The summed E-state index contributed by atoms with van der Waals surface area (Å²) in [4.78, 5) is 12.7. The number of carbonyl (C=O) groups excluding carboxylic acids is 1. The Hall–Kier alpha value is -0.0900. The van der Waals surface area contributed by atoms with Crippen LogP contribution in [0.5, 0.6) is 0 Å².